The van der Waals surface area contributed by atoms with E-state index in [0.717, 1.165) is 0 Å². The summed E-state index contributed by atoms with van der Waals surface area (Å²) in [6.45, 7) is 0. The third kappa shape index (κ3) is 1.12. The van der Waals surface area contributed by atoms with Crippen LogP contribution in [0, 0.1) is 0 Å². The number of fused-ring (bicyclic) bond motifs is 3. The molecule has 0 atom stereocenters. The molecule has 2 aromatic heterocycles. The third-order valence-corrected chi connectivity index (χ3v) is 2.65. The zero-order valence-electron chi connectivity index (χ0n) is 7.83. The van der Waals surface area contributed by atoms with Gasteiger partial charge in [0.05, 0.1) is 10.4 Å². The van der Waals surface area contributed by atoms with Crippen LogP contribution in [0.3, 0.4) is 0 Å². The summed E-state index contributed by atoms with van der Waals surface area (Å²) in [5.41, 5.74) is -0.280. The van der Waals surface area contributed by atoms with Crippen LogP contribution in [0.4, 0.5) is 0 Å². The molecule has 0 radical (unpaired) electrons. The van der Waals surface area contributed by atoms with Crippen LogP contribution in [0.15, 0.2) is 32.2 Å². The SMILES string of the molecule is O=c1[nH]c(=O)c2oc3cccc(Cl)c3c2[nH]1. The van der Waals surface area contributed by atoms with Crippen LogP contribution in [-0.4, -0.2) is 9.97 Å². The van der Waals surface area contributed by atoms with Gasteiger partial charge in [-0.15, -0.1) is 0 Å². The fourth-order valence-corrected chi connectivity index (χ4v) is 1.95. The molecule has 6 heteroatoms. The lowest BCUT2D eigenvalue weighted by molar-refractivity contribution is 0.660. The van der Waals surface area contributed by atoms with Crippen LogP contribution in [-0.2, 0) is 0 Å². The van der Waals surface area contributed by atoms with E-state index in [0.29, 0.717) is 21.5 Å². The van der Waals surface area contributed by atoms with E-state index in [9.17, 15) is 9.59 Å². The van der Waals surface area contributed by atoms with Gasteiger partial charge in [0.2, 0.25) is 5.58 Å². The van der Waals surface area contributed by atoms with E-state index < -0.39 is 11.2 Å². The molecule has 1 aromatic carbocycles. The lowest BCUT2D eigenvalue weighted by atomic mass is 10.2. The molecule has 2 heterocycles. The molecular formula is C10H5ClN2O3. The number of nitrogens with one attached hydrogen (secondary N) is 2. The number of hydrogen-bond donors (Lipinski definition) is 2. The van der Waals surface area contributed by atoms with Gasteiger partial charge in [0, 0.05) is 0 Å². The minimum Gasteiger partial charge on any atom is -0.449 e. The van der Waals surface area contributed by atoms with Crippen molar-refractivity contribution in [2.45, 2.75) is 0 Å². The maximum absolute atomic E-state index is 11.5. The Bertz CT molecular complexity index is 812. The van der Waals surface area contributed by atoms with Crippen molar-refractivity contribution in [1.29, 1.82) is 0 Å². The molecule has 0 aliphatic carbocycles. The van der Waals surface area contributed by atoms with Gasteiger partial charge in [-0.25, -0.2) is 4.79 Å². The van der Waals surface area contributed by atoms with E-state index in [-0.39, 0.29) is 5.58 Å². The first-order valence-electron chi connectivity index (χ1n) is 4.50. The Hall–Kier alpha value is -2.01. The van der Waals surface area contributed by atoms with Gasteiger partial charge < -0.3 is 9.40 Å². The van der Waals surface area contributed by atoms with Crippen molar-refractivity contribution in [3.63, 3.8) is 0 Å². The normalized spacial score (nSPS) is 11.3. The van der Waals surface area contributed by atoms with E-state index in [1.807, 2.05) is 0 Å². The minimum absolute atomic E-state index is 0.0719. The molecule has 3 rings (SSSR count). The number of H-pyrrole nitrogens is 2. The average Bonchev–Trinajstić information content (AvgIpc) is 2.58. The monoisotopic (exact) mass is 236 g/mol. The summed E-state index contributed by atoms with van der Waals surface area (Å²) in [5, 5.41) is 0.972. The van der Waals surface area contributed by atoms with Crippen molar-refractivity contribution in [3.05, 3.63) is 44.1 Å². The number of rotatable bonds is 0. The van der Waals surface area contributed by atoms with E-state index in [1.165, 1.54) is 0 Å². The first-order chi connectivity index (χ1) is 7.66. The van der Waals surface area contributed by atoms with Crippen LogP contribution in [0.1, 0.15) is 0 Å². The van der Waals surface area contributed by atoms with Crippen LogP contribution < -0.4 is 11.2 Å². The largest absolute Gasteiger partial charge is 0.449 e. The predicted octanol–water partition coefficient (Wildman–Crippen LogP) is 1.62. The summed E-state index contributed by atoms with van der Waals surface area (Å²) in [4.78, 5) is 27.2. The van der Waals surface area contributed by atoms with Gasteiger partial charge in [-0.05, 0) is 12.1 Å². The number of aromatic amines is 2. The molecule has 0 amide bonds. The highest BCUT2D eigenvalue weighted by Gasteiger charge is 2.13. The number of halogens is 1. The Balaban J connectivity index is 2.74. The van der Waals surface area contributed by atoms with Crippen molar-refractivity contribution < 1.29 is 4.42 Å². The van der Waals surface area contributed by atoms with Crippen molar-refractivity contribution in [1.82, 2.24) is 9.97 Å². The van der Waals surface area contributed by atoms with Gasteiger partial charge in [0.15, 0.2) is 0 Å². The van der Waals surface area contributed by atoms with Gasteiger partial charge in [-0.3, -0.25) is 9.78 Å². The third-order valence-electron chi connectivity index (χ3n) is 2.34. The van der Waals surface area contributed by atoms with Crippen molar-refractivity contribution in [3.8, 4) is 0 Å². The molecule has 0 saturated carbocycles. The molecule has 80 valence electrons. The fourth-order valence-electron chi connectivity index (χ4n) is 1.69. The topological polar surface area (TPSA) is 78.9 Å². The van der Waals surface area contributed by atoms with E-state index in [1.54, 1.807) is 18.2 Å². The minimum atomic E-state index is -0.583. The molecule has 0 aliphatic rings. The van der Waals surface area contributed by atoms with Gasteiger partial charge in [-0.2, -0.15) is 0 Å². The molecule has 0 unspecified atom stereocenters. The van der Waals surface area contributed by atoms with Crippen LogP contribution in [0.2, 0.25) is 5.02 Å². The van der Waals surface area contributed by atoms with E-state index in [2.05, 4.69) is 9.97 Å². The smallest absolute Gasteiger partial charge is 0.326 e. The summed E-state index contributed by atoms with van der Waals surface area (Å²) < 4.78 is 5.32. The highest BCUT2D eigenvalue weighted by atomic mass is 35.5. The molecule has 0 aliphatic heterocycles. The molecule has 0 spiro atoms. The second-order valence-corrected chi connectivity index (χ2v) is 3.73. The van der Waals surface area contributed by atoms with Gasteiger partial charge in [0.1, 0.15) is 11.1 Å². The Morgan fingerprint density at radius 2 is 2.00 bits per heavy atom. The first kappa shape index (κ1) is 9.23. The molecule has 0 fully saturated rings. The summed E-state index contributed by atoms with van der Waals surface area (Å²) in [5.74, 6) is 0. The maximum Gasteiger partial charge on any atom is 0.326 e. The lowest BCUT2D eigenvalue weighted by Crippen LogP contribution is -2.20. The Morgan fingerprint density at radius 1 is 1.19 bits per heavy atom. The van der Waals surface area contributed by atoms with Gasteiger partial charge in [0.25, 0.3) is 5.56 Å². The molecular weight excluding hydrogens is 232 g/mol. The number of aromatic nitrogens is 2. The zero-order valence-corrected chi connectivity index (χ0v) is 8.59. The molecule has 2 N–H and O–H groups in total. The second-order valence-electron chi connectivity index (χ2n) is 3.33. The van der Waals surface area contributed by atoms with E-state index >= 15 is 0 Å². The standard InChI is InChI=1S/C10H5ClN2O3/c11-4-2-1-3-5-6(4)7-8(16-5)9(14)13-10(15)12-7/h1-3H,(H2,12,13,14,15). The Labute approximate surface area is 92.7 Å². The number of hydrogen-bond acceptors (Lipinski definition) is 3. The predicted molar refractivity (Wildman–Crippen MR) is 60.0 cm³/mol. The fraction of sp³-hybridized carbons (Fsp3) is 0. The summed E-state index contributed by atoms with van der Waals surface area (Å²) in [6.07, 6.45) is 0. The maximum atomic E-state index is 11.5. The van der Waals surface area contributed by atoms with Crippen LogP contribution in [0.25, 0.3) is 22.1 Å². The van der Waals surface area contributed by atoms with Crippen LogP contribution in [0.5, 0.6) is 0 Å². The second kappa shape index (κ2) is 2.99. The Morgan fingerprint density at radius 3 is 2.81 bits per heavy atom. The molecule has 3 aromatic rings. The number of benzene rings is 1. The summed E-state index contributed by atoms with van der Waals surface area (Å²) in [7, 11) is 0. The molecule has 16 heavy (non-hydrogen) atoms. The first-order valence-corrected chi connectivity index (χ1v) is 4.88. The van der Waals surface area contributed by atoms with E-state index in [4.69, 9.17) is 16.0 Å². The lowest BCUT2D eigenvalue weighted by Gasteiger charge is -1.91. The summed E-state index contributed by atoms with van der Waals surface area (Å²) in [6, 6.07) is 5.05. The van der Waals surface area contributed by atoms with Gasteiger partial charge >= 0.3 is 5.69 Å². The quantitative estimate of drug-likeness (QED) is 0.622. The Kier molecular flexibility index (Phi) is 1.73. The molecule has 0 saturated heterocycles. The van der Waals surface area contributed by atoms with Crippen molar-refractivity contribution >= 4 is 33.7 Å². The van der Waals surface area contributed by atoms with Crippen molar-refractivity contribution in [2.75, 3.05) is 0 Å². The van der Waals surface area contributed by atoms with Gasteiger partial charge in [-0.1, -0.05) is 17.7 Å². The highest BCUT2D eigenvalue weighted by molar-refractivity contribution is 6.37. The van der Waals surface area contributed by atoms with Crippen molar-refractivity contribution in [2.24, 2.45) is 0 Å². The number of furan rings is 1. The molecule has 0 bridgehead atoms. The highest BCUT2D eigenvalue weighted by Crippen LogP contribution is 2.30. The average molecular weight is 237 g/mol. The van der Waals surface area contributed by atoms with Crippen LogP contribution >= 0.6 is 11.6 Å². The molecule has 5 nitrogen and oxygen atoms in total. The zero-order chi connectivity index (χ0) is 11.3. The summed E-state index contributed by atoms with van der Waals surface area (Å²) >= 11 is 5.99.